The Balaban J connectivity index is 3.07. The Bertz CT molecular complexity index is 323. The smallest absolute Gasteiger partial charge is 0.173 e. The van der Waals surface area contributed by atoms with Crippen molar-refractivity contribution in [1.82, 2.24) is 0 Å². The number of alkyl halides is 1. The predicted molar refractivity (Wildman–Crippen MR) is 55.5 cm³/mol. The van der Waals surface area contributed by atoms with E-state index in [1.54, 1.807) is 6.92 Å². The van der Waals surface area contributed by atoms with Gasteiger partial charge in [0, 0.05) is 0 Å². The second-order valence-electron chi connectivity index (χ2n) is 3.01. The van der Waals surface area contributed by atoms with Crippen LogP contribution in [0.5, 0.6) is 5.75 Å². The van der Waals surface area contributed by atoms with E-state index in [0.29, 0.717) is 12.2 Å². The summed E-state index contributed by atoms with van der Waals surface area (Å²) in [5.74, 6) is -0.641. The molecule has 0 unspecified atom stereocenters. The van der Waals surface area contributed by atoms with Gasteiger partial charge in [-0.2, -0.15) is 0 Å². The highest BCUT2D eigenvalue weighted by atomic mass is 35.5. The van der Waals surface area contributed by atoms with E-state index in [1.165, 1.54) is 6.07 Å². The second kappa shape index (κ2) is 5.28. The van der Waals surface area contributed by atoms with Crippen LogP contribution in [-0.4, -0.2) is 13.3 Å². The number of hydrogen-bond donors (Lipinski definition) is 1. The van der Waals surface area contributed by atoms with Crippen LogP contribution in [0, 0.1) is 5.82 Å². The van der Waals surface area contributed by atoms with Crippen molar-refractivity contribution in [2.24, 2.45) is 5.73 Å². The third-order valence-corrected chi connectivity index (χ3v) is 2.18. The van der Waals surface area contributed by atoms with Crippen LogP contribution in [0.3, 0.4) is 0 Å². The number of nitrogens with two attached hydrogens (primary N) is 1. The highest BCUT2D eigenvalue weighted by Crippen LogP contribution is 2.30. The molecule has 0 amide bonds. The molecule has 0 aliphatic carbocycles. The summed E-state index contributed by atoms with van der Waals surface area (Å²) in [5.41, 5.74) is 5.74. The number of benzene rings is 1. The fraction of sp³-hybridized carbons (Fsp3) is 0.400. The minimum Gasteiger partial charge on any atom is -0.489 e. The number of rotatable bonds is 4. The molecule has 0 radical (unpaired) electrons. The first-order valence-electron chi connectivity index (χ1n) is 4.53. The first-order valence-corrected chi connectivity index (χ1v) is 4.91. The molecular weight excluding hydrogens is 224 g/mol. The molecule has 15 heavy (non-hydrogen) atoms. The maximum absolute atomic E-state index is 13.4. The van der Waals surface area contributed by atoms with Crippen LogP contribution in [0.2, 0.25) is 5.02 Å². The second-order valence-corrected chi connectivity index (χ2v) is 3.41. The van der Waals surface area contributed by atoms with E-state index in [1.807, 2.05) is 0 Å². The van der Waals surface area contributed by atoms with E-state index in [-0.39, 0.29) is 10.8 Å². The molecule has 2 N–H and O–H groups in total. The fourth-order valence-electron chi connectivity index (χ4n) is 1.16. The molecule has 0 heterocycles. The Morgan fingerprint density at radius 1 is 1.53 bits per heavy atom. The van der Waals surface area contributed by atoms with Crippen molar-refractivity contribution in [1.29, 1.82) is 0 Å². The Labute approximate surface area is 92.0 Å². The Morgan fingerprint density at radius 3 is 2.67 bits per heavy atom. The van der Waals surface area contributed by atoms with Gasteiger partial charge in [0.2, 0.25) is 0 Å². The maximum Gasteiger partial charge on any atom is 0.173 e. The average molecular weight is 236 g/mol. The average Bonchev–Trinajstić information content (AvgIpc) is 2.22. The SMILES string of the molecule is CCOc1c(F)cc([C@@H](N)CF)cc1Cl. The minimum atomic E-state index is -0.854. The molecule has 0 aromatic heterocycles. The van der Waals surface area contributed by atoms with Gasteiger partial charge in [-0.15, -0.1) is 0 Å². The van der Waals surface area contributed by atoms with Gasteiger partial charge in [-0.05, 0) is 24.6 Å². The van der Waals surface area contributed by atoms with Crippen molar-refractivity contribution >= 4 is 11.6 Å². The van der Waals surface area contributed by atoms with Crippen LogP contribution in [0.15, 0.2) is 12.1 Å². The van der Waals surface area contributed by atoms with Gasteiger partial charge in [0.1, 0.15) is 6.67 Å². The van der Waals surface area contributed by atoms with E-state index in [0.717, 1.165) is 6.07 Å². The van der Waals surface area contributed by atoms with Crippen LogP contribution in [0.4, 0.5) is 8.78 Å². The van der Waals surface area contributed by atoms with Crippen molar-refractivity contribution < 1.29 is 13.5 Å². The van der Waals surface area contributed by atoms with Crippen LogP contribution in [0.25, 0.3) is 0 Å². The van der Waals surface area contributed by atoms with Crippen molar-refractivity contribution in [2.45, 2.75) is 13.0 Å². The molecule has 0 aliphatic rings. The summed E-state index contributed by atoms with van der Waals surface area (Å²) in [6, 6.07) is 1.70. The lowest BCUT2D eigenvalue weighted by Gasteiger charge is -2.12. The van der Waals surface area contributed by atoms with Gasteiger partial charge < -0.3 is 10.5 Å². The molecule has 1 aromatic rings. The maximum atomic E-state index is 13.4. The van der Waals surface area contributed by atoms with Gasteiger partial charge in [-0.25, -0.2) is 8.78 Å². The largest absolute Gasteiger partial charge is 0.489 e. The topological polar surface area (TPSA) is 35.2 Å². The summed E-state index contributed by atoms with van der Waals surface area (Å²) in [7, 11) is 0. The summed E-state index contributed by atoms with van der Waals surface area (Å²) in [5, 5.41) is 0.107. The summed E-state index contributed by atoms with van der Waals surface area (Å²) in [6.45, 7) is 1.27. The Morgan fingerprint density at radius 2 is 2.20 bits per heavy atom. The highest BCUT2D eigenvalue weighted by molar-refractivity contribution is 6.32. The van der Waals surface area contributed by atoms with Gasteiger partial charge in [-0.1, -0.05) is 11.6 Å². The van der Waals surface area contributed by atoms with Crippen LogP contribution >= 0.6 is 11.6 Å². The van der Waals surface area contributed by atoms with Crippen molar-refractivity contribution in [3.8, 4) is 5.75 Å². The summed E-state index contributed by atoms with van der Waals surface area (Å²) < 4.78 is 30.7. The lowest BCUT2D eigenvalue weighted by molar-refractivity contribution is 0.321. The van der Waals surface area contributed by atoms with Gasteiger partial charge in [0.05, 0.1) is 17.7 Å². The van der Waals surface area contributed by atoms with Crippen molar-refractivity contribution in [3.05, 3.63) is 28.5 Å². The first kappa shape index (κ1) is 12.2. The molecule has 0 aliphatic heterocycles. The third-order valence-electron chi connectivity index (χ3n) is 1.90. The molecule has 2 nitrogen and oxygen atoms in total. The molecule has 1 atom stereocenters. The standard InChI is InChI=1S/C10H12ClF2NO/c1-2-15-10-7(11)3-6(4-8(10)13)9(14)5-12/h3-4,9H,2,5,14H2,1H3/t9-/m0/s1. The summed E-state index contributed by atoms with van der Waals surface area (Å²) in [4.78, 5) is 0. The molecular formula is C10H12ClF2NO. The Hall–Kier alpha value is -0.870. The molecule has 0 fully saturated rings. The molecule has 0 saturated heterocycles. The van der Waals surface area contributed by atoms with Gasteiger partial charge in [0.15, 0.2) is 11.6 Å². The lowest BCUT2D eigenvalue weighted by Crippen LogP contribution is -2.12. The third kappa shape index (κ3) is 2.79. The zero-order valence-corrected chi connectivity index (χ0v) is 9.02. The summed E-state index contributed by atoms with van der Waals surface area (Å²) >= 11 is 5.77. The number of hydrogen-bond acceptors (Lipinski definition) is 2. The normalized spacial score (nSPS) is 12.6. The van der Waals surface area contributed by atoms with Gasteiger partial charge in [0.25, 0.3) is 0 Å². The number of halogens is 3. The van der Waals surface area contributed by atoms with Gasteiger partial charge >= 0.3 is 0 Å². The number of ether oxygens (including phenoxy) is 1. The van der Waals surface area contributed by atoms with Crippen molar-refractivity contribution in [3.63, 3.8) is 0 Å². The summed E-state index contributed by atoms with van der Waals surface area (Å²) in [6.07, 6.45) is 0. The molecule has 84 valence electrons. The fourth-order valence-corrected chi connectivity index (χ4v) is 1.44. The minimum absolute atomic E-state index is 0.0195. The van der Waals surface area contributed by atoms with E-state index < -0.39 is 18.5 Å². The van der Waals surface area contributed by atoms with Crippen LogP contribution in [-0.2, 0) is 0 Å². The molecule has 5 heteroatoms. The molecule has 1 aromatic carbocycles. The molecule has 0 saturated carbocycles. The monoisotopic (exact) mass is 235 g/mol. The zero-order valence-electron chi connectivity index (χ0n) is 8.27. The highest BCUT2D eigenvalue weighted by Gasteiger charge is 2.14. The van der Waals surface area contributed by atoms with Crippen LogP contribution in [0.1, 0.15) is 18.5 Å². The lowest BCUT2D eigenvalue weighted by atomic mass is 10.1. The molecule has 0 spiro atoms. The Kier molecular flexibility index (Phi) is 4.29. The quantitative estimate of drug-likeness (QED) is 0.871. The first-order chi connectivity index (χ1) is 7.10. The van der Waals surface area contributed by atoms with E-state index in [2.05, 4.69) is 0 Å². The van der Waals surface area contributed by atoms with Crippen molar-refractivity contribution in [2.75, 3.05) is 13.3 Å². The molecule has 0 bridgehead atoms. The zero-order chi connectivity index (χ0) is 11.4. The van der Waals surface area contributed by atoms with E-state index >= 15 is 0 Å². The van der Waals surface area contributed by atoms with E-state index in [9.17, 15) is 8.78 Å². The molecule has 1 rings (SSSR count). The van der Waals surface area contributed by atoms with E-state index in [4.69, 9.17) is 22.1 Å². The van der Waals surface area contributed by atoms with Crippen LogP contribution < -0.4 is 10.5 Å². The van der Waals surface area contributed by atoms with Gasteiger partial charge in [-0.3, -0.25) is 0 Å². The predicted octanol–water partition coefficient (Wildman–Crippen LogP) is 2.85.